The van der Waals surface area contributed by atoms with E-state index in [1.807, 2.05) is 6.92 Å². The van der Waals surface area contributed by atoms with Crippen molar-refractivity contribution in [2.75, 3.05) is 31.6 Å². The molecule has 1 aromatic carbocycles. The molecule has 2 heterocycles. The lowest BCUT2D eigenvalue weighted by Crippen LogP contribution is -2.43. The van der Waals surface area contributed by atoms with Crippen molar-refractivity contribution in [2.24, 2.45) is 0 Å². The predicted molar refractivity (Wildman–Crippen MR) is 92.2 cm³/mol. The summed E-state index contributed by atoms with van der Waals surface area (Å²) in [4.78, 5) is 19.6. The second-order valence-electron chi connectivity index (χ2n) is 5.72. The highest BCUT2D eigenvalue weighted by atomic mass is 32.1. The molecule has 1 aliphatic rings. The van der Waals surface area contributed by atoms with E-state index >= 15 is 0 Å². The van der Waals surface area contributed by atoms with Crippen LogP contribution in [-0.4, -0.2) is 42.2 Å². The van der Waals surface area contributed by atoms with Gasteiger partial charge in [0, 0.05) is 24.4 Å². The Kier molecular flexibility index (Phi) is 4.93. The number of hydrogen-bond donors (Lipinski definition) is 1. The summed E-state index contributed by atoms with van der Waals surface area (Å²) in [5, 5.41) is 3.57. The van der Waals surface area contributed by atoms with Gasteiger partial charge in [0.05, 0.1) is 18.9 Å². The minimum Gasteiger partial charge on any atom is -0.378 e. The van der Waals surface area contributed by atoms with Gasteiger partial charge >= 0.3 is 6.03 Å². The fourth-order valence-electron chi connectivity index (χ4n) is 2.47. The van der Waals surface area contributed by atoms with Gasteiger partial charge in [-0.1, -0.05) is 29.8 Å². The Hall–Kier alpha value is -1.92. The van der Waals surface area contributed by atoms with Crippen LogP contribution in [0.4, 0.5) is 9.93 Å². The maximum atomic E-state index is 12.2. The molecule has 2 amide bonds. The molecule has 1 aromatic heterocycles. The molecule has 0 bridgehead atoms. The average molecular weight is 331 g/mol. The number of aromatic nitrogens is 1. The number of aryl methyl sites for hydroxylation is 2. The molecule has 0 atom stereocenters. The Labute approximate surface area is 140 Å². The quantitative estimate of drug-likeness (QED) is 0.939. The van der Waals surface area contributed by atoms with E-state index in [0.717, 1.165) is 12.1 Å². The van der Waals surface area contributed by atoms with Gasteiger partial charge in [-0.15, -0.1) is 11.3 Å². The molecule has 1 fully saturated rings. The van der Waals surface area contributed by atoms with Crippen molar-refractivity contribution in [2.45, 2.75) is 20.3 Å². The van der Waals surface area contributed by atoms with Crippen molar-refractivity contribution in [1.82, 2.24) is 9.88 Å². The van der Waals surface area contributed by atoms with Crippen molar-refractivity contribution < 1.29 is 9.53 Å². The first kappa shape index (κ1) is 16.0. The molecule has 1 N–H and O–H groups in total. The fraction of sp³-hybridized carbons (Fsp3) is 0.412. The summed E-state index contributed by atoms with van der Waals surface area (Å²) in [6, 6.07) is 8.42. The lowest BCUT2D eigenvalue weighted by Gasteiger charge is -2.26. The van der Waals surface area contributed by atoms with Crippen LogP contribution >= 0.6 is 11.3 Å². The molecule has 0 unspecified atom stereocenters. The van der Waals surface area contributed by atoms with E-state index in [9.17, 15) is 4.79 Å². The van der Waals surface area contributed by atoms with E-state index in [4.69, 9.17) is 4.74 Å². The summed E-state index contributed by atoms with van der Waals surface area (Å²) >= 11 is 1.55. The molecule has 2 aromatic rings. The number of benzene rings is 1. The van der Waals surface area contributed by atoms with Crippen LogP contribution in [0.5, 0.6) is 0 Å². The predicted octanol–water partition coefficient (Wildman–Crippen LogP) is 3.21. The van der Waals surface area contributed by atoms with E-state index in [0.29, 0.717) is 31.4 Å². The zero-order valence-corrected chi connectivity index (χ0v) is 14.3. The molecule has 0 spiro atoms. The van der Waals surface area contributed by atoms with E-state index in [-0.39, 0.29) is 6.03 Å². The van der Waals surface area contributed by atoms with Crippen LogP contribution in [0.25, 0.3) is 0 Å². The summed E-state index contributed by atoms with van der Waals surface area (Å²) in [6.45, 7) is 6.54. The summed E-state index contributed by atoms with van der Waals surface area (Å²) in [5.41, 5.74) is 3.49. The van der Waals surface area contributed by atoms with E-state index in [1.54, 1.807) is 16.2 Å². The molecule has 122 valence electrons. The first-order chi connectivity index (χ1) is 11.1. The normalized spacial score (nSPS) is 14.8. The van der Waals surface area contributed by atoms with Crippen LogP contribution in [0.2, 0.25) is 0 Å². The Bertz CT molecular complexity index is 676. The maximum absolute atomic E-state index is 12.2. The molecule has 0 saturated carbocycles. The number of ether oxygens (including phenoxy) is 1. The van der Waals surface area contributed by atoms with Crippen LogP contribution in [0.15, 0.2) is 24.3 Å². The second-order valence-corrected chi connectivity index (χ2v) is 6.80. The highest BCUT2D eigenvalue weighted by molar-refractivity contribution is 7.15. The SMILES string of the molecule is Cc1ccc(Cc2sc(NC(=O)N3CCOCC3)nc2C)cc1. The summed E-state index contributed by atoms with van der Waals surface area (Å²) in [7, 11) is 0. The van der Waals surface area contributed by atoms with Gasteiger partial charge in [-0.2, -0.15) is 0 Å². The molecule has 0 radical (unpaired) electrons. The molecule has 6 heteroatoms. The van der Waals surface area contributed by atoms with E-state index in [2.05, 4.69) is 41.5 Å². The number of thiazole rings is 1. The Morgan fingerprint density at radius 2 is 1.96 bits per heavy atom. The summed E-state index contributed by atoms with van der Waals surface area (Å²) < 4.78 is 5.26. The Morgan fingerprint density at radius 3 is 2.65 bits per heavy atom. The fourth-order valence-corrected chi connectivity index (χ4v) is 3.46. The highest BCUT2D eigenvalue weighted by Gasteiger charge is 2.18. The zero-order chi connectivity index (χ0) is 16.2. The lowest BCUT2D eigenvalue weighted by molar-refractivity contribution is 0.0564. The average Bonchev–Trinajstić information content (AvgIpc) is 2.90. The first-order valence-electron chi connectivity index (χ1n) is 7.77. The summed E-state index contributed by atoms with van der Waals surface area (Å²) in [6.07, 6.45) is 0.844. The number of carbonyl (C=O) groups excluding carboxylic acids is 1. The molecule has 0 aliphatic carbocycles. The van der Waals surface area contributed by atoms with Gasteiger partial charge in [0.25, 0.3) is 0 Å². The van der Waals surface area contributed by atoms with Crippen LogP contribution in [0.3, 0.4) is 0 Å². The number of anilines is 1. The largest absolute Gasteiger partial charge is 0.378 e. The third-order valence-electron chi connectivity index (χ3n) is 3.89. The van der Waals surface area contributed by atoms with Crippen molar-refractivity contribution in [3.8, 4) is 0 Å². The van der Waals surface area contributed by atoms with Crippen molar-refractivity contribution >= 4 is 22.5 Å². The van der Waals surface area contributed by atoms with Crippen molar-refractivity contribution in [3.63, 3.8) is 0 Å². The van der Waals surface area contributed by atoms with Gasteiger partial charge in [-0.25, -0.2) is 9.78 Å². The molecule has 3 rings (SSSR count). The third-order valence-corrected chi connectivity index (χ3v) is 4.96. The molecule has 1 aliphatic heterocycles. The third kappa shape index (κ3) is 4.09. The van der Waals surface area contributed by atoms with Gasteiger partial charge in [-0.05, 0) is 19.4 Å². The number of amides is 2. The van der Waals surface area contributed by atoms with Gasteiger partial charge in [0.2, 0.25) is 0 Å². The Morgan fingerprint density at radius 1 is 1.26 bits per heavy atom. The number of hydrogen-bond acceptors (Lipinski definition) is 4. The Balaban J connectivity index is 1.65. The number of morpholine rings is 1. The standard InChI is InChI=1S/C17H21N3O2S/c1-12-3-5-14(6-4-12)11-15-13(2)18-16(23-15)19-17(21)20-7-9-22-10-8-20/h3-6H,7-11H2,1-2H3,(H,18,19,21). The first-order valence-corrected chi connectivity index (χ1v) is 8.59. The molecular weight excluding hydrogens is 310 g/mol. The van der Waals surface area contributed by atoms with Gasteiger partial charge < -0.3 is 9.64 Å². The van der Waals surface area contributed by atoms with Gasteiger partial charge in [0.1, 0.15) is 0 Å². The number of rotatable bonds is 3. The number of carbonyl (C=O) groups is 1. The maximum Gasteiger partial charge on any atom is 0.323 e. The number of nitrogens with one attached hydrogen (secondary N) is 1. The zero-order valence-electron chi connectivity index (χ0n) is 13.5. The van der Waals surface area contributed by atoms with Gasteiger partial charge in [0.15, 0.2) is 5.13 Å². The van der Waals surface area contributed by atoms with Crippen LogP contribution in [-0.2, 0) is 11.2 Å². The molecular formula is C17H21N3O2S. The molecule has 23 heavy (non-hydrogen) atoms. The van der Waals surface area contributed by atoms with Crippen LogP contribution in [0.1, 0.15) is 21.7 Å². The van der Waals surface area contributed by atoms with E-state index < -0.39 is 0 Å². The monoisotopic (exact) mass is 331 g/mol. The minimum atomic E-state index is -0.0936. The van der Waals surface area contributed by atoms with E-state index in [1.165, 1.54) is 16.0 Å². The van der Waals surface area contributed by atoms with Gasteiger partial charge in [-0.3, -0.25) is 5.32 Å². The van der Waals surface area contributed by atoms with Crippen LogP contribution in [0, 0.1) is 13.8 Å². The topological polar surface area (TPSA) is 54.5 Å². The summed E-state index contributed by atoms with van der Waals surface area (Å²) in [5.74, 6) is 0. The molecule has 1 saturated heterocycles. The van der Waals surface area contributed by atoms with Crippen molar-refractivity contribution in [3.05, 3.63) is 46.0 Å². The molecule has 5 nitrogen and oxygen atoms in total. The van der Waals surface area contributed by atoms with Crippen LogP contribution < -0.4 is 5.32 Å². The minimum absolute atomic E-state index is 0.0936. The number of urea groups is 1. The number of nitrogens with zero attached hydrogens (tertiary/aromatic N) is 2. The smallest absolute Gasteiger partial charge is 0.323 e. The highest BCUT2D eigenvalue weighted by Crippen LogP contribution is 2.25. The second kappa shape index (κ2) is 7.10. The lowest BCUT2D eigenvalue weighted by atomic mass is 10.1. The van der Waals surface area contributed by atoms with Crippen molar-refractivity contribution in [1.29, 1.82) is 0 Å².